The van der Waals surface area contributed by atoms with E-state index < -0.39 is 12.1 Å². The van der Waals surface area contributed by atoms with Gasteiger partial charge in [0, 0.05) is 6.08 Å². The molecule has 0 aromatic carbocycles. The number of aliphatic carboxylic acids is 1. The van der Waals surface area contributed by atoms with Crippen molar-refractivity contribution in [2.75, 3.05) is 13.2 Å². The van der Waals surface area contributed by atoms with Crippen LogP contribution in [-0.4, -0.2) is 45.7 Å². The third-order valence-corrected chi connectivity index (χ3v) is 4.38. The third kappa shape index (κ3) is 29.6. The minimum atomic E-state index is -0.954. The molecule has 0 radical (unpaired) electrons. The number of carboxylic acid groups (broad SMARTS) is 1. The molecule has 0 bridgehead atoms. The van der Waals surface area contributed by atoms with Crippen molar-refractivity contribution in [2.24, 2.45) is 0 Å². The van der Waals surface area contributed by atoms with Crippen molar-refractivity contribution in [2.45, 2.75) is 103 Å². The van der Waals surface area contributed by atoms with Gasteiger partial charge in [0.25, 0.3) is 0 Å². The first-order chi connectivity index (χ1) is 13.6. The molecule has 0 aliphatic carbocycles. The van der Waals surface area contributed by atoms with Crippen molar-refractivity contribution in [3.05, 3.63) is 24.3 Å². The van der Waals surface area contributed by atoms with Crippen LogP contribution in [0.4, 0.5) is 0 Å². The van der Waals surface area contributed by atoms with Gasteiger partial charge in [0.1, 0.15) is 6.10 Å². The number of aliphatic hydroxyl groups excluding tert-OH is 3. The summed E-state index contributed by atoms with van der Waals surface area (Å²) in [6, 6.07) is 0. The Bertz CT molecular complexity index is 362. The average molecular weight is 401 g/mol. The number of rotatable bonds is 18. The molecule has 4 N–H and O–H groups in total. The average Bonchev–Trinajstić information content (AvgIpc) is 2.70. The summed E-state index contributed by atoms with van der Waals surface area (Å²) in [7, 11) is 0. The smallest absolute Gasteiger partial charge is 0.328 e. The molecule has 0 spiro atoms. The number of allylic oxidation sites excluding steroid dienone is 3. The van der Waals surface area contributed by atoms with Gasteiger partial charge in [-0.2, -0.15) is 0 Å². The Labute approximate surface area is 172 Å². The van der Waals surface area contributed by atoms with Crippen LogP contribution in [0.25, 0.3) is 0 Å². The molecule has 0 aromatic heterocycles. The van der Waals surface area contributed by atoms with Gasteiger partial charge in [-0.05, 0) is 12.8 Å². The van der Waals surface area contributed by atoms with Crippen molar-refractivity contribution in [1.82, 2.24) is 0 Å². The zero-order valence-corrected chi connectivity index (χ0v) is 17.9. The maximum absolute atomic E-state index is 10.2. The second-order valence-electron chi connectivity index (χ2n) is 7.18. The predicted molar refractivity (Wildman–Crippen MR) is 116 cm³/mol. The van der Waals surface area contributed by atoms with Crippen LogP contribution >= 0.6 is 0 Å². The van der Waals surface area contributed by atoms with Crippen LogP contribution < -0.4 is 0 Å². The summed E-state index contributed by atoms with van der Waals surface area (Å²) in [5.74, 6) is -0.884. The van der Waals surface area contributed by atoms with Crippen LogP contribution in [0.15, 0.2) is 24.3 Å². The Morgan fingerprint density at radius 1 is 0.750 bits per heavy atom. The zero-order chi connectivity index (χ0) is 21.3. The number of hydrogen-bond acceptors (Lipinski definition) is 4. The summed E-state index contributed by atoms with van der Waals surface area (Å²) >= 11 is 0. The molecular formula is C23H44O5. The molecule has 28 heavy (non-hydrogen) atoms. The number of carbonyl (C=O) groups is 1. The normalized spacial score (nSPS) is 11.3. The number of carboxylic acids is 1. The van der Waals surface area contributed by atoms with Gasteiger partial charge in [-0.1, -0.05) is 102 Å². The SMILES string of the molecule is CCCCCCCCCCCCCCCC=CC=CC(=O)O.OCC(O)CO. The Morgan fingerprint density at radius 3 is 1.54 bits per heavy atom. The van der Waals surface area contributed by atoms with E-state index in [9.17, 15) is 4.79 Å². The largest absolute Gasteiger partial charge is 0.478 e. The summed E-state index contributed by atoms with van der Waals surface area (Å²) < 4.78 is 0. The fraction of sp³-hybridized carbons (Fsp3) is 0.783. The molecule has 0 saturated carbocycles. The summed E-state index contributed by atoms with van der Waals surface area (Å²) in [6.07, 6.45) is 24.7. The highest BCUT2D eigenvalue weighted by molar-refractivity contribution is 5.80. The van der Waals surface area contributed by atoms with Crippen LogP contribution in [0, 0.1) is 0 Å². The van der Waals surface area contributed by atoms with Crippen molar-refractivity contribution < 1.29 is 25.2 Å². The van der Waals surface area contributed by atoms with Gasteiger partial charge < -0.3 is 20.4 Å². The molecule has 0 heterocycles. The molecule has 0 saturated heterocycles. The third-order valence-electron chi connectivity index (χ3n) is 4.38. The van der Waals surface area contributed by atoms with Crippen LogP contribution in [-0.2, 0) is 4.79 Å². The Kier molecular flexibility index (Phi) is 26.8. The summed E-state index contributed by atoms with van der Waals surface area (Å²) in [5, 5.41) is 32.4. The molecule has 0 rings (SSSR count). The fourth-order valence-electron chi connectivity index (χ4n) is 2.65. The second-order valence-corrected chi connectivity index (χ2v) is 7.18. The first kappa shape index (κ1) is 29.0. The molecule has 0 atom stereocenters. The Hall–Kier alpha value is -1.17. The van der Waals surface area contributed by atoms with E-state index in [-0.39, 0.29) is 13.2 Å². The zero-order valence-electron chi connectivity index (χ0n) is 17.9. The number of hydrogen-bond donors (Lipinski definition) is 4. The molecular weight excluding hydrogens is 356 g/mol. The summed E-state index contributed by atoms with van der Waals surface area (Å²) in [6.45, 7) is 1.54. The molecule has 0 aromatic rings. The Balaban J connectivity index is 0. The van der Waals surface area contributed by atoms with E-state index in [0.29, 0.717) is 0 Å². The fourth-order valence-corrected chi connectivity index (χ4v) is 2.65. The lowest BCUT2D eigenvalue weighted by atomic mass is 10.0. The Morgan fingerprint density at radius 2 is 1.18 bits per heavy atom. The van der Waals surface area contributed by atoms with E-state index in [4.69, 9.17) is 20.4 Å². The molecule has 0 aliphatic rings. The van der Waals surface area contributed by atoms with Gasteiger partial charge in [-0.3, -0.25) is 0 Å². The number of unbranched alkanes of at least 4 members (excludes halogenated alkanes) is 13. The maximum Gasteiger partial charge on any atom is 0.328 e. The highest BCUT2D eigenvalue weighted by Gasteiger charge is 1.94. The van der Waals surface area contributed by atoms with Gasteiger partial charge in [0.15, 0.2) is 0 Å². The molecule has 5 heteroatoms. The van der Waals surface area contributed by atoms with E-state index in [1.807, 2.05) is 6.08 Å². The van der Waals surface area contributed by atoms with Crippen molar-refractivity contribution in [3.8, 4) is 0 Å². The van der Waals surface area contributed by atoms with Gasteiger partial charge in [0.2, 0.25) is 0 Å². The van der Waals surface area contributed by atoms with Crippen molar-refractivity contribution in [1.29, 1.82) is 0 Å². The van der Waals surface area contributed by atoms with Crippen LogP contribution in [0.5, 0.6) is 0 Å². The lowest BCUT2D eigenvalue weighted by Crippen LogP contribution is -2.15. The molecule has 0 aliphatic heterocycles. The van der Waals surface area contributed by atoms with E-state index in [1.54, 1.807) is 6.08 Å². The quantitative estimate of drug-likeness (QED) is 0.147. The standard InChI is InChI=1S/C20H36O2.C3H8O3/c1-2-3-4-5-6-7-8-9-10-11-12-13-14-15-16-17-18-19-20(21)22;4-1-3(6)2-5/h16-19H,2-15H2,1H3,(H,21,22);3-6H,1-2H2. The van der Waals surface area contributed by atoms with Gasteiger partial charge in [0.05, 0.1) is 13.2 Å². The molecule has 166 valence electrons. The lowest BCUT2D eigenvalue weighted by Gasteiger charge is -2.02. The van der Waals surface area contributed by atoms with E-state index in [2.05, 4.69) is 13.0 Å². The highest BCUT2D eigenvalue weighted by atomic mass is 16.4. The first-order valence-electron chi connectivity index (χ1n) is 11.0. The van der Waals surface area contributed by atoms with Gasteiger partial charge in [-0.25, -0.2) is 4.79 Å². The molecule has 0 unspecified atom stereocenters. The molecule has 5 nitrogen and oxygen atoms in total. The minimum absolute atomic E-state index is 0.365. The van der Waals surface area contributed by atoms with Crippen molar-refractivity contribution in [3.63, 3.8) is 0 Å². The predicted octanol–water partition coefficient (Wildman–Crippen LogP) is 5.00. The van der Waals surface area contributed by atoms with E-state index >= 15 is 0 Å². The van der Waals surface area contributed by atoms with Crippen molar-refractivity contribution >= 4 is 5.97 Å². The van der Waals surface area contributed by atoms with E-state index in [1.165, 1.54) is 89.5 Å². The van der Waals surface area contributed by atoms with Gasteiger partial charge >= 0.3 is 5.97 Å². The molecule has 0 amide bonds. The second kappa shape index (κ2) is 25.8. The summed E-state index contributed by atoms with van der Waals surface area (Å²) in [4.78, 5) is 10.2. The van der Waals surface area contributed by atoms with Crippen LogP contribution in [0.3, 0.4) is 0 Å². The van der Waals surface area contributed by atoms with Gasteiger partial charge in [-0.15, -0.1) is 0 Å². The van der Waals surface area contributed by atoms with Crippen LogP contribution in [0.2, 0.25) is 0 Å². The first-order valence-corrected chi connectivity index (χ1v) is 11.0. The highest BCUT2D eigenvalue weighted by Crippen LogP contribution is 2.12. The minimum Gasteiger partial charge on any atom is -0.478 e. The van der Waals surface area contributed by atoms with E-state index in [0.717, 1.165) is 6.42 Å². The monoisotopic (exact) mass is 400 g/mol. The summed E-state index contributed by atoms with van der Waals surface area (Å²) in [5.41, 5.74) is 0. The molecule has 0 fully saturated rings. The topological polar surface area (TPSA) is 98.0 Å². The number of aliphatic hydroxyl groups is 3. The maximum atomic E-state index is 10.2. The van der Waals surface area contributed by atoms with Crippen LogP contribution in [0.1, 0.15) is 96.8 Å². The lowest BCUT2D eigenvalue weighted by molar-refractivity contribution is -0.131.